The number of likely N-dealkylation sites (N-methyl/N-ethyl adjacent to an activating group) is 1. The van der Waals surface area contributed by atoms with Crippen LogP contribution in [-0.2, 0) is 30.8 Å². The fourth-order valence-electron chi connectivity index (χ4n) is 3.24. The Hall–Kier alpha value is -2.57. The van der Waals surface area contributed by atoms with Gasteiger partial charge in [0.05, 0.1) is 0 Å². The van der Waals surface area contributed by atoms with E-state index in [1.54, 1.807) is 16.5 Å². The van der Waals surface area contributed by atoms with Crippen LogP contribution in [0.5, 0.6) is 0 Å². The lowest BCUT2D eigenvalue weighted by molar-refractivity contribution is -0.131. The van der Waals surface area contributed by atoms with Crippen LogP contribution in [-0.4, -0.2) is 46.3 Å². The van der Waals surface area contributed by atoms with Gasteiger partial charge in [0, 0.05) is 46.3 Å². The average Bonchev–Trinajstić information content (AvgIpc) is 2.78. The molecule has 0 bridgehead atoms. The first kappa shape index (κ1) is 18.2. The quantitative estimate of drug-likeness (QED) is 0.813. The van der Waals surface area contributed by atoms with Gasteiger partial charge in [0.25, 0.3) is 0 Å². The molecule has 0 saturated heterocycles. The Bertz CT molecular complexity index is 819. The van der Waals surface area contributed by atoms with Crippen LogP contribution in [0.2, 0.25) is 0 Å². The highest BCUT2D eigenvalue weighted by Crippen LogP contribution is 2.14. The molecule has 26 heavy (non-hydrogen) atoms. The molecule has 7 heteroatoms. The van der Waals surface area contributed by atoms with Gasteiger partial charge in [-0.05, 0) is 30.5 Å². The van der Waals surface area contributed by atoms with Crippen LogP contribution in [0.3, 0.4) is 0 Å². The minimum Gasteiger partial charge on any atom is -0.378 e. The lowest BCUT2D eigenvalue weighted by Gasteiger charge is -2.18. The number of benzene rings is 1. The molecule has 2 heterocycles. The topological polar surface area (TPSA) is 63.4 Å². The van der Waals surface area contributed by atoms with E-state index in [9.17, 15) is 9.59 Å². The molecule has 1 aliphatic rings. The summed E-state index contributed by atoms with van der Waals surface area (Å²) in [4.78, 5) is 28.7. The van der Waals surface area contributed by atoms with Crippen LogP contribution < -0.4 is 10.6 Å². The molecule has 3 rings (SSSR count). The minimum absolute atomic E-state index is 0.00881. The molecular weight excluding hydrogens is 330 g/mol. The Morgan fingerprint density at radius 2 is 1.85 bits per heavy atom. The van der Waals surface area contributed by atoms with Gasteiger partial charge in [-0.25, -0.2) is 9.48 Å². The standard InChI is InChI=1S/C19H27N5O2/c1-21(2)16-10-8-15(9-11-16)13-22(3)18(25)14-24-19(26)23-12-6-4-5-7-17(23)20-24/h8-11H,4-7,12-14H2,1-3H3. The predicted molar refractivity (Wildman–Crippen MR) is 101 cm³/mol. The maximum atomic E-state index is 12.5. The fourth-order valence-corrected chi connectivity index (χ4v) is 3.24. The van der Waals surface area contributed by atoms with Crippen LogP contribution in [0, 0.1) is 0 Å². The summed E-state index contributed by atoms with van der Waals surface area (Å²) in [5.41, 5.74) is 2.01. The number of amides is 1. The van der Waals surface area contributed by atoms with Gasteiger partial charge in [0.15, 0.2) is 0 Å². The van der Waals surface area contributed by atoms with Crippen molar-refractivity contribution >= 4 is 11.6 Å². The lowest BCUT2D eigenvalue weighted by atomic mass is 10.2. The highest BCUT2D eigenvalue weighted by atomic mass is 16.2. The highest BCUT2D eigenvalue weighted by molar-refractivity contribution is 5.75. The predicted octanol–water partition coefficient (Wildman–Crippen LogP) is 1.50. The number of aromatic nitrogens is 3. The molecule has 0 aliphatic carbocycles. The Labute approximate surface area is 153 Å². The summed E-state index contributed by atoms with van der Waals surface area (Å²) in [6.45, 7) is 1.20. The molecular formula is C19H27N5O2. The van der Waals surface area contributed by atoms with Crippen molar-refractivity contribution in [1.29, 1.82) is 0 Å². The number of carbonyl (C=O) groups is 1. The summed E-state index contributed by atoms with van der Waals surface area (Å²) in [7, 11) is 5.75. The van der Waals surface area contributed by atoms with Gasteiger partial charge >= 0.3 is 5.69 Å². The van der Waals surface area contributed by atoms with Gasteiger partial charge in [-0.15, -0.1) is 0 Å². The number of hydrogen-bond donors (Lipinski definition) is 0. The summed E-state index contributed by atoms with van der Waals surface area (Å²) in [5, 5.41) is 4.38. The number of anilines is 1. The Morgan fingerprint density at radius 1 is 1.12 bits per heavy atom. The molecule has 1 amide bonds. The number of nitrogens with zero attached hydrogens (tertiary/aromatic N) is 5. The first-order chi connectivity index (χ1) is 12.5. The largest absolute Gasteiger partial charge is 0.378 e. The molecule has 0 radical (unpaired) electrons. The third kappa shape index (κ3) is 3.98. The maximum Gasteiger partial charge on any atom is 0.346 e. The fraction of sp³-hybridized carbons (Fsp3) is 0.526. The first-order valence-corrected chi connectivity index (χ1v) is 9.12. The first-order valence-electron chi connectivity index (χ1n) is 9.12. The summed E-state index contributed by atoms with van der Waals surface area (Å²) in [6, 6.07) is 8.10. The van der Waals surface area contributed by atoms with E-state index in [2.05, 4.69) is 5.10 Å². The van der Waals surface area contributed by atoms with E-state index in [4.69, 9.17) is 0 Å². The van der Waals surface area contributed by atoms with E-state index in [1.807, 2.05) is 43.3 Å². The molecule has 0 unspecified atom stereocenters. The summed E-state index contributed by atoms with van der Waals surface area (Å²) < 4.78 is 3.04. The number of rotatable bonds is 5. The molecule has 0 spiro atoms. The second-order valence-corrected chi connectivity index (χ2v) is 7.13. The van der Waals surface area contributed by atoms with Crippen molar-refractivity contribution in [2.24, 2.45) is 0 Å². The maximum absolute atomic E-state index is 12.5. The second kappa shape index (κ2) is 7.76. The molecule has 0 saturated carbocycles. The normalized spacial score (nSPS) is 13.8. The molecule has 1 aromatic carbocycles. The van der Waals surface area contributed by atoms with Crippen molar-refractivity contribution in [2.45, 2.75) is 45.3 Å². The number of fused-ring (bicyclic) bond motifs is 1. The van der Waals surface area contributed by atoms with E-state index in [0.717, 1.165) is 42.8 Å². The minimum atomic E-state index is -0.168. The van der Waals surface area contributed by atoms with Gasteiger partial charge in [0.2, 0.25) is 5.91 Å². The Balaban J connectivity index is 1.65. The Kier molecular flexibility index (Phi) is 5.44. The number of carbonyl (C=O) groups excluding carboxylic acids is 1. The van der Waals surface area contributed by atoms with Gasteiger partial charge in [-0.1, -0.05) is 18.6 Å². The van der Waals surface area contributed by atoms with Crippen molar-refractivity contribution in [1.82, 2.24) is 19.2 Å². The SMILES string of the molecule is CN(Cc1ccc(N(C)C)cc1)C(=O)Cn1nc2n(c1=O)CCCCC2. The van der Waals surface area contributed by atoms with Crippen LogP contribution in [0.1, 0.15) is 30.7 Å². The van der Waals surface area contributed by atoms with E-state index in [-0.39, 0.29) is 18.1 Å². The summed E-state index contributed by atoms with van der Waals surface area (Å²) >= 11 is 0. The summed E-state index contributed by atoms with van der Waals surface area (Å²) in [6.07, 6.45) is 3.98. The van der Waals surface area contributed by atoms with Gasteiger partial charge < -0.3 is 9.80 Å². The van der Waals surface area contributed by atoms with E-state index in [1.165, 1.54) is 4.68 Å². The van der Waals surface area contributed by atoms with Crippen LogP contribution in [0.25, 0.3) is 0 Å². The van der Waals surface area contributed by atoms with Crippen molar-refractivity contribution in [3.63, 3.8) is 0 Å². The van der Waals surface area contributed by atoms with Crippen molar-refractivity contribution in [3.05, 3.63) is 46.1 Å². The van der Waals surface area contributed by atoms with Crippen molar-refractivity contribution in [2.75, 3.05) is 26.0 Å². The highest BCUT2D eigenvalue weighted by Gasteiger charge is 2.18. The molecule has 2 aromatic rings. The monoisotopic (exact) mass is 357 g/mol. The molecule has 1 aliphatic heterocycles. The van der Waals surface area contributed by atoms with Gasteiger partial charge in [-0.3, -0.25) is 9.36 Å². The second-order valence-electron chi connectivity index (χ2n) is 7.13. The third-order valence-electron chi connectivity index (χ3n) is 4.86. The zero-order chi connectivity index (χ0) is 18.7. The lowest BCUT2D eigenvalue weighted by Crippen LogP contribution is -2.34. The zero-order valence-electron chi connectivity index (χ0n) is 15.8. The number of hydrogen-bond acceptors (Lipinski definition) is 4. The van der Waals surface area contributed by atoms with E-state index < -0.39 is 0 Å². The van der Waals surface area contributed by atoms with E-state index >= 15 is 0 Å². The Morgan fingerprint density at radius 3 is 2.54 bits per heavy atom. The van der Waals surface area contributed by atoms with Gasteiger partial charge in [0.1, 0.15) is 12.4 Å². The molecule has 0 fully saturated rings. The smallest absolute Gasteiger partial charge is 0.346 e. The zero-order valence-corrected chi connectivity index (χ0v) is 15.8. The molecule has 140 valence electrons. The van der Waals surface area contributed by atoms with Crippen LogP contribution >= 0.6 is 0 Å². The average molecular weight is 357 g/mol. The van der Waals surface area contributed by atoms with Crippen LogP contribution in [0.15, 0.2) is 29.1 Å². The molecule has 0 N–H and O–H groups in total. The van der Waals surface area contributed by atoms with Crippen molar-refractivity contribution in [3.8, 4) is 0 Å². The molecule has 7 nitrogen and oxygen atoms in total. The van der Waals surface area contributed by atoms with Crippen molar-refractivity contribution < 1.29 is 4.79 Å². The van der Waals surface area contributed by atoms with E-state index in [0.29, 0.717) is 13.1 Å². The third-order valence-corrected chi connectivity index (χ3v) is 4.86. The number of aryl methyl sites for hydroxylation is 1. The van der Waals surface area contributed by atoms with Crippen LogP contribution in [0.4, 0.5) is 5.69 Å². The molecule has 1 aromatic heterocycles. The molecule has 0 atom stereocenters. The van der Waals surface area contributed by atoms with Gasteiger partial charge in [-0.2, -0.15) is 5.10 Å². The summed E-state index contributed by atoms with van der Waals surface area (Å²) in [5.74, 6) is 0.694.